The Labute approximate surface area is 162 Å². The van der Waals surface area contributed by atoms with Gasteiger partial charge >= 0.3 is 0 Å². The standard InChI is InChI=1S/C21H29NO4S/c23-19(22-14-6-11-20(17-22)9-4-5-10-20)21(12-15-26-16-13-21)27(24,25)18-7-2-1-3-8-18/h1-3,7-8H,4-6,9-17H2. The van der Waals surface area contributed by atoms with Crippen LogP contribution in [0.5, 0.6) is 0 Å². The van der Waals surface area contributed by atoms with Crippen LogP contribution in [-0.4, -0.2) is 50.3 Å². The molecule has 5 nitrogen and oxygen atoms in total. The van der Waals surface area contributed by atoms with E-state index in [9.17, 15) is 13.2 Å². The fraction of sp³-hybridized carbons (Fsp3) is 0.667. The number of likely N-dealkylation sites (tertiary alicyclic amines) is 1. The lowest BCUT2D eigenvalue weighted by molar-refractivity contribution is -0.140. The Morgan fingerprint density at radius 3 is 2.22 bits per heavy atom. The molecule has 2 saturated heterocycles. The normalized spacial score (nSPS) is 24.8. The average molecular weight is 392 g/mol. The van der Waals surface area contributed by atoms with E-state index in [1.54, 1.807) is 30.3 Å². The molecule has 3 aliphatic rings. The van der Waals surface area contributed by atoms with E-state index in [2.05, 4.69) is 0 Å². The lowest BCUT2D eigenvalue weighted by Gasteiger charge is -2.45. The molecule has 1 aromatic rings. The molecule has 27 heavy (non-hydrogen) atoms. The predicted octanol–water partition coefficient (Wildman–Crippen LogP) is 3.19. The zero-order valence-corrected chi connectivity index (χ0v) is 16.7. The van der Waals surface area contributed by atoms with Gasteiger partial charge < -0.3 is 9.64 Å². The van der Waals surface area contributed by atoms with Gasteiger partial charge in [0.2, 0.25) is 5.91 Å². The highest BCUT2D eigenvalue weighted by molar-refractivity contribution is 7.93. The quantitative estimate of drug-likeness (QED) is 0.794. The van der Waals surface area contributed by atoms with Crippen LogP contribution < -0.4 is 0 Å². The third kappa shape index (κ3) is 3.21. The molecule has 0 atom stereocenters. The topological polar surface area (TPSA) is 63.7 Å². The lowest BCUT2D eigenvalue weighted by atomic mass is 9.78. The van der Waals surface area contributed by atoms with Crippen LogP contribution in [0.4, 0.5) is 0 Å². The third-order valence-electron chi connectivity index (χ3n) is 6.87. The van der Waals surface area contributed by atoms with Gasteiger partial charge in [-0.25, -0.2) is 8.42 Å². The van der Waals surface area contributed by atoms with Crippen molar-refractivity contribution < 1.29 is 17.9 Å². The minimum absolute atomic E-state index is 0.194. The number of hydrogen-bond acceptors (Lipinski definition) is 4. The van der Waals surface area contributed by atoms with Crippen LogP contribution in [0, 0.1) is 5.41 Å². The maximum atomic E-state index is 13.7. The zero-order chi connectivity index (χ0) is 19.0. The van der Waals surface area contributed by atoms with Gasteiger partial charge in [0.15, 0.2) is 14.6 Å². The van der Waals surface area contributed by atoms with Crippen molar-refractivity contribution in [3.05, 3.63) is 30.3 Å². The smallest absolute Gasteiger partial charge is 0.244 e. The Kier molecular flexibility index (Phi) is 5.06. The van der Waals surface area contributed by atoms with Crippen molar-refractivity contribution in [1.29, 1.82) is 0 Å². The highest BCUT2D eigenvalue weighted by Gasteiger charge is 2.55. The monoisotopic (exact) mass is 391 g/mol. The molecule has 0 aromatic heterocycles. The number of carbonyl (C=O) groups excluding carboxylic acids is 1. The van der Waals surface area contributed by atoms with E-state index in [1.807, 2.05) is 4.90 Å². The first-order valence-corrected chi connectivity index (χ1v) is 11.6. The summed E-state index contributed by atoms with van der Waals surface area (Å²) in [5.74, 6) is -0.194. The number of sulfone groups is 1. The van der Waals surface area contributed by atoms with Crippen LogP contribution in [0.15, 0.2) is 35.2 Å². The van der Waals surface area contributed by atoms with Gasteiger partial charge in [0, 0.05) is 26.3 Å². The summed E-state index contributed by atoms with van der Waals surface area (Å²) in [7, 11) is -3.78. The molecule has 6 heteroatoms. The van der Waals surface area contributed by atoms with Crippen LogP contribution in [0.3, 0.4) is 0 Å². The molecule has 0 N–H and O–H groups in total. The van der Waals surface area contributed by atoms with E-state index < -0.39 is 14.6 Å². The number of rotatable bonds is 3. The number of ether oxygens (including phenoxy) is 1. The Morgan fingerprint density at radius 2 is 1.56 bits per heavy atom. The maximum absolute atomic E-state index is 13.7. The number of nitrogens with zero attached hydrogens (tertiary/aromatic N) is 1. The fourth-order valence-corrected chi connectivity index (χ4v) is 7.36. The van der Waals surface area contributed by atoms with E-state index in [-0.39, 0.29) is 29.1 Å². The zero-order valence-electron chi connectivity index (χ0n) is 15.9. The van der Waals surface area contributed by atoms with Crippen LogP contribution in [-0.2, 0) is 19.4 Å². The first-order valence-electron chi connectivity index (χ1n) is 10.2. The molecule has 0 bridgehead atoms. The van der Waals surface area contributed by atoms with Crippen molar-refractivity contribution >= 4 is 15.7 Å². The average Bonchev–Trinajstić information content (AvgIpc) is 3.16. The minimum atomic E-state index is -3.78. The van der Waals surface area contributed by atoms with Crippen molar-refractivity contribution in [2.45, 2.75) is 61.0 Å². The highest BCUT2D eigenvalue weighted by atomic mass is 32.2. The molecule has 1 saturated carbocycles. The second-order valence-corrected chi connectivity index (χ2v) is 10.7. The number of piperidine rings is 1. The van der Waals surface area contributed by atoms with Crippen molar-refractivity contribution in [3.63, 3.8) is 0 Å². The summed E-state index contributed by atoms with van der Waals surface area (Å²) in [6, 6.07) is 8.45. The second-order valence-electron chi connectivity index (χ2n) is 8.46. The van der Waals surface area contributed by atoms with E-state index in [1.165, 1.54) is 32.1 Å². The van der Waals surface area contributed by atoms with Gasteiger partial charge in [-0.2, -0.15) is 0 Å². The molecule has 4 rings (SSSR count). The fourth-order valence-electron chi connectivity index (χ4n) is 5.33. The Morgan fingerprint density at radius 1 is 0.926 bits per heavy atom. The first-order chi connectivity index (χ1) is 13.0. The number of benzene rings is 1. The summed E-state index contributed by atoms with van der Waals surface area (Å²) in [6.45, 7) is 2.03. The molecule has 1 spiro atoms. The van der Waals surface area contributed by atoms with E-state index in [4.69, 9.17) is 4.74 Å². The molecular weight excluding hydrogens is 362 g/mol. The molecule has 1 aliphatic carbocycles. The molecule has 148 valence electrons. The Bertz CT molecular complexity index is 778. The van der Waals surface area contributed by atoms with Crippen molar-refractivity contribution in [2.75, 3.05) is 26.3 Å². The summed E-state index contributed by atoms with van der Waals surface area (Å²) in [5, 5.41) is 0. The number of amides is 1. The second kappa shape index (κ2) is 7.21. The van der Waals surface area contributed by atoms with Crippen molar-refractivity contribution in [1.82, 2.24) is 4.90 Å². The summed E-state index contributed by atoms with van der Waals surface area (Å²) < 4.78 is 31.3. The molecule has 1 aromatic carbocycles. The molecule has 3 fully saturated rings. The summed E-state index contributed by atoms with van der Waals surface area (Å²) >= 11 is 0. The molecule has 2 heterocycles. The largest absolute Gasteiger partial charge is 0.381 e. The minimum Gasteiger partial charge on any atom is -0.381 e. The van der Waals surface area contributed by atoms with Crippen molar-refractivity contribution in [3.8, 4) is 0 Å². The van der Waals surface area contributed by atoms with Crippen LogP contribution in [0.2, 0.25) is 0 Å². The van der Waals surface area contributed by atoms with Gasteiger partial charge in [-0.15, -0.1) is 0 Å². The molecular formula is C21H29NO4S. The van der Waals surface area contributed by atoms with Gasteiger partial charge in [-0.05, 0) is 56.1 Å². The van der Waals surface area contributed by atoms with Gasteiger partial charge in [0.1, 0.15) is 0 Å². The van der Waals surface area contributed by atoms with Gasteiger partial charge in [0.25, 0.3) is 0 Å². The molecule has 2 aliphatic heterocycles. The van der Waals surface area contributed by atoms with Gasteiger partial charge in [-0.3, -0.25) is 4.79 Å². The number of carbonyl (C=O) groups is 1. The highest BCUT2D eigenvalue weighted by Crippen LogP contribution is 2.46. The first kappa shape index (κ1) is 18.9. The van der Waals surface area contributed by atoms with Gasteiger partial charge in [0.05, 0.1) is 4.90 Å². The van der Waals surface area contributed by atoms with Crippen LogP contribution in [0.1, 0.15) is 51.4 Å². The van der Waals surface area contributed by atoms with E-state index in [0.717, 1.165) is 13.0 Å². The summed E-state index contributed by atoms with van der Waals surface area (Å²) in [6.07, 6.45) is 7.41. The van der Waals surface area contributed by atoms with E-state index >= 15 is 0 Å². The predicted molar refractivity (Wildman–Crippen MR) is 103 cm³/mol. The number of hydrogen-bond donors (Lipinski definition) is 0. The van der Waals surface area contributed by atoms with Crippen LogP contribution in [0.25, 0.3) is 0 Å². The third-order valence-corrected chi connectivity index (χ3v) is 9.38. The molecule has 1 amide bonds. The Hall–Kier alpha value is -1.40. The Balaban J connectivity index is 1.68. The lowest BCUT2D eigenvalue weighted by Crippen LogP contribution is -2.59. The summed E-state index contributed by atoms with van der Waals surface area (Å²) in [5.41, 5.74) is 0.219. The molecule has 0 unspecified atom stereocenters. The summed E-state index contributed by atoms with van der Waals surface area (Å²) in [4.78, 5) is 15.8. The maximum Gasteiger partial charge on any atom is 0.244 e. The van der Waals surface area contributed by atoms with Crippen molar-refractivity contribution in [2.24, 2.45) is 5.41 Å². The molecule has 0 radical (unpaired) electrons. The van der Waals surface area contributed by atoms with E-state index in [0.29, 0.717) is 19.8 Å². The van der Waals surface area contributed by atoms with Gasteiger partial charge in [-0.1, -0.05) is 31.0 Å². The SMILES string of the molecule is O=C(N1CCCC2(CCCC2)C1)C1(S(=O)(=O)c2ccccc2)CCOCC1. The van der Waals surface area contributed by atoms with Crippen LogP contribution >= 0.6 is 0 Å².